The lowest BCUT2D eigenvalue weighted by atomic mass is 9.83. The first-order valence-electron chi connectivity index (χ1n) is 7.28. The molecule has 0 bridgehead atoms. The highest BCUT2D eigenvalue weighted by molar-refractivity contribution is 5.94. The molecule has 0 spiro atoms. The first-order chi connectivity index (χ1) is 9.69. The fourth-order valence-electron chi connectivity index (χ4n) is 2.41. The van der Waals surface area contributed by atoms with E-state index >= 15 is 0 Å². The highest BCUT2D eigenvalue weighted by atomic mass is 16.1. The van der Waals surface area contributed by atoms with Crippen molar-refractivity contribution in [2.75, 3.05) is 13.1 Å². The summed E-state index contributed by atoms with van der Waals surface area (Å²) < 4.78 is 0. The molecule has 0 aliphatic heterocycles. The lowest BCUT2D eigenvalue weighted by Crippen LogP contribution is -2.27. The van der Waals surface area contributed by atoms with Gasteiger partial charge in [-0.25, -0.2) is 0 Å². The Balaban J connectivity index is 1.95. The van der Waals surface area contributed by atoms with Crippen molar-refractivity contribution in [2.45, 2.75) is 32.6 Å². The van der Waals surface area contributed by atoms with Crippen LogP contribution in [0.3, 0.4) is 0 Å². The van der Waals surface area contributed by atoms with Crippen LogP contribution in [0.1, 0.15) is 47.2 Å². The minimum atomic E-state index is -0.0104. The maximum Gasteiger partial charge on any atom is 0.251 e. The van der Waals surface area contributed by atoms with Crippen LogP contribution in [0.4, 0.5) is 0 Å². The maximum absolute atomic E-state index is 12.1. The van der Waals surface area contributed by atoms with Gasteiger partial charge in [-0.05, 0) is 43.0 Å². The largest absolute Gasteiger partial charge is 0.352 e. The van der Waals surface area contributed by atoms with E-state index in [1.54, 1.807) is 0 Å². The third kappa shape index (κ3) is 4.11. The molecule has 0 unspecified atom stereocenters. The van der Waals surface area contributed by atoms with Gasteiger partial charge in [-0.3, -0.25) is 4.79 Å². The standard InChI is InChI=1S/C17H22N2O/c1-13-10-15(6-3-8-18)12-16(11-13)17(20)19-9-7-14-4-2-5-14/h10-12,14H,2,4-5,7-9,18H2,1H3,(H,19,20). The van der Waals surface area contributed by atoms with Crippen LogP contribution in [0, 0.1) is 24.7 Å². The molecule has 3 nitrogen and oxygen atoms in total. The maximum atomic E-state index is 12.1. The fourth-order valence-corrected chi connectivity index (χ4v) is 2.41. The Morgan fingerprint density at radius 3 is 2.85 bits per heavy atom. The second-order valence-corrected chi connectivity index (χ2v) is 5.44. The number of carbonyl (C=O) groups is 1. The summed E-state index contributed by atoms with van der Waals surface area (Å²) in [4.78, 5) is 12.1. The van der Waals surface area contributed by atoms with E-state index in [0.717, 1.165) is 30.0 Å². The molecule has 1 aliphatic rings. The van der Waals surface area contributed by atoms with Crippen LogP contribution in [0.5, 0.6) is 0 Å². The van der Waals surface area contributed by atoms with Crippen molar-refractivity contribution in [3.8, 4) is 11.8 Å². The average molecular weight is 270 g/mol. The van der Waals surface area contributed by atoms with Gasteiger partial charge in [0.05, 0.1) is 6.54 Å². The number of hydrogen-bond donors (Lipinski definition) is 2. The van der Waals surface area contributed by atoms with E-state index in [2.05, 4.69) is 17.2 Å². The number of carbonyl (C=O) groups excluding carboxylic acids is 1. The molecular weight excluding hydrogens is 248 g/mol. The van der Waals surface area contributed by atoms with Gasteiger partial charge in [0.15, 0.2) is 0 Å². The molecule has 1 aromatic carbocycles. The first kappa shape index (κ1) is 14.6. The van der Waals surface area contributed by atoms with Gasteiger partial charge in [0.2, 0.25) is 0 Å². The Kier molecular flexibility index (Phi) is 5.20. The fraction of sp³-hybridized carbons (Fsp3) is 0.471. The van der Waals surface area contributed by atoms with Crippen LogP contribution in [0.2, 0.25) is 0 Å². The summed E-state index contributed by atoms with van der Waals surface area (Å²) in [5, 5.41) is 3.00. The average Bonchev–Trinajstić information content (AvgIpc) is 2.38. The minimum absolute atomic E-state index is 0.0104. The van der Waals surface area contributed by atoms with E-state index < -0.39 is 0 Å². The Labute approximate surface area is 120 Å². The summed E-state index contributed by atoms with van der Waals surface area (Å²) in [6, 6.07) is 5.69. The van der Waals surface area contributed by atoms with Gasteiger partial charge >= 0.3 is 0 Å². The van der Waals surface area contributed by atoms with Crippen LogP contribution >= 0.6 is 0 Å². The van der Waals surface area contributed by atoms with Crippen molar-refractivity contribution < 1.29 is 4.79 Å². The van der Waals surface area contributed by atoms with E-state index in [-0.39, 0.29) is 5.91 Å². The molecule has 1 aromatic rings. The van der Waals surface area contributed by atoms with Crippen molar-refractivity contribution in [3.63, 3.8) is 0 Å². The summed E-state index contributed by atoms with van der Waals surface area (Å²) in [6.07, 6.45) is 5.08. The van der Waals surface area contributed by atoms with Crippen LogP contribution in [0.15, 0.2) is 18.2 Å². The number of benzene rings is 1. The third-order valence-electron chi connectivity index (χ3n) is 3.74. The van der Waals surface area contributed by atoms with E-state index in [4.69, 9.17) is 5.73 Å². The molecule has 1 amide bonds. The molecule has 0 aromatic heterocycles. The summed E-state index contributed by atoms with van der Waals surface area (Å²) >= 11 is 0. The molecule has 1 fully saturated rings. The van der Waals surface area contributed by atoms with Gasteiger partial charge in [-0.1, -0.05) is 31.1 Å². The molecule has 3 heteroatoms. The van der Waals surface area contributed by atoms with Gasteiger partial charge < -0.3 is 11.1 Å². The van der Waals surface area contributed by atoms with Crippen LogP contribution < -0.4 is 11.1 Å². The molecule has 20 heavy (non-hydrogen) atoms. The van der Waals surface area contributed by atoms with Gasteiger partial charge in [0.25, 0.3) is 5.91 Å². The zero-order valence-corrected chi connectivity index (χ0v) is 12.0. The second-order valence-electron chi connectivity index (χ2n) is 5.44. The van der Waals surface area contributed by atoms with E-state index in [9.17, 15) is 4.79 Å². The number of amides is 1. The number of aryl methyl sites for hydroxylation is 1. The first-order valence-corrected chi connectivity index (χ1v) is 7.28. The van der Waals surface area contributed by atoms with Gasteiger partial charge in [-0.2, -0.15) is 0 Å². The highest BCUT2D eigenvalue weighted by Crippen LogP contribution is 2.28. The van der Waals surface area contributed by atoms with E-state index in [1.165, 1.54) is 19.3 Å². The number of nitrogens with one attached hydrogen (secondary N) is 1. The minimum Gasteiger partial charge on any atom is -0.352 e. The van der Waals surface area contributed by atoms with Crippen molar-refractivity contribution in [1.82, 2.24) is 5.32 Å². The predicted molar refractivity (Wildman–Crippen MR) is 81.4 cm³/mol. The van der Waals surface area contributed by atoms with Gasteiger partial charge in [-0.15, -0.1) is 0 Å². The second kappa shape index (κ2) is 7.12. The molecule has 0 heterocycles. The normalized spacial score (nSPS) is 14.1. The number of nitrogens with two attached hydrogens (primary N) is 1. The van der Waals surface area contributed by atoms with Crippen molar-refractivity contribution in [3.05, 3.63) is 34.9 Å². The monoisotopic (exact) mass is 270 g/mol. The third-order valence-corrected chi connectivity index (χ3v) is 3.74. The van der Waals surface area contributed by atoms with E-state index in [1.807, 2.05) is 25.1 Å². The lowest BCUT2D eigenvalue weighted by Gasteiger charge is -2.25. The Morgan fingerprint density at radius 1 is 1.40 bits per heavy atom. The zero-order valence-electron chi connectivity index (χ0n) is 12.0. The lowest BCUT2D eigenvalue weighted by molar-refractivity contribution is 0.0949. The molecule has 106 valence electrons. The summed E-state index contributed by atoms with van der Waals surface area (Å²) in [7, 11) is 0. The van der Waals surface area contributed by atoms with Crippen molar-refractivity contribution >= 4 is 5.91 Å². The van der Waals surface area contributed by atoms with Gasteiger partial charge in [0.1, 0.15) is 0 Å². The molecule has 3 N–H and O–H groups in total. The molecule has 1 saturated carbocycles. The molecule has 2 rings (SSSR count). The Morgan fingerprint density at radius 2 is 2.20 bits per heavy atom. The Hall–Kier alpha value is -1.79. The van der Waals surface area contributed by atoms with E-state index in [0.29, 0.717) is 12.1 Å². The molecule has 0 saturated heterocycles. The molecule has 1 aliphatic carbocycles. The number of hydrogen-bond acceptors (Lipinski definition) is 2. The smallest absolute Gasteiger partial charge is 0.251 e. The molecule has 0 radical (unpaired) electrons. The SMILES string of the molecule is Cc1cc(C#CCN)cc(C(=O)NCCC2CCC2)c1. The summed E-state index contributed by atoms with van der Waals surface area (Å²) in [5.74, 6) is 6.60. The zero-order chi connectivity index (χ0) is 14.4. The van der Waals surface area contributed by atoms with Crippen molar-refractivity contribution in [1.29, 1.82) is 0 Å². The highest BCUT2D eigenvalue weighted by Gasteiger charge is 2.17. The van der Waals surface area contributed by atoms with Crippen LogP contribution in [-0.2, 0) is 0 Å². The molecular formula is C17H22N2O. The number of rotatable bonds is 4. The predicted octanol–water partition coefficient (Wildman–Crippen LogP) is 2.23. The molecule has 0 atom stereocenters. The topological polar surface area (TPSA) is 55.1 Å². The summed E-state index contributed by atoms with van der Waals surface area (Å²) in [5.41, 5.74) is 7.94. The summed E-state index contributed by atoms with van der Waals surface area (Å²) in [6.45, 7) is 3.07. The van der Waals surface area contributed by atoms with Crippen LogP contribution in [0.25, 0.3) is 0 Å². The van der Waals surface area contributed by atoms with Crippen LogP contribution in [-0.4, -0.2) is 19.0 Å². The van der Waals surface area contributed by atoms with Gasteiger partial charge in [0, 0.05) is 17.7 Å². The quantitative estimate of drug-likeness (QED) is 0.824. The Bertz CT molecular complexity index is 536. The van der Waals surface area contributed by atoms with Crippen molar-refractivity contribution in [2.24, 2.45) is 11.7 Å².